The molecule has 1 unspecified atom stereocenters. The van der Waals surface area contributed by atoms with E-state index in [4.69, 9.17) is 0 Å². The van der Waals surface area contributed by atoms with Crippen LogP contribution in [0.15, 0.2) is 48.2 Å². The molecule has 0 aliphatic carbocycles. The summed E-state index contributed by atoms with van der Waals surface area (Å²) in [4.78, 5) is 14.4. The fraction of sp³-hybridized carbons (Fsp3) is 0.375. The van der Waals surface area contributed by atoms with Crippen LogP contribution in [-0.2, 0) is 4.79 Å². The average Bonchev–Trinajstić information content (AvgIpc) is 2.81. The largest absolute Gasteiger partial charge is 0.300 e. The lowest BCUT2D eigenvalue weighted by Crippen LogP contribution is -2.41. The molecule has 2 atom stereocenters. The monoisotopic (exact) mass is 239 g/mol. The van der Waals surface area contributed by atoms with E-state index >= 15 is 0 Å². The zero-order chi connectivity index (χ0) is 12.5. The van der Waals surface area contributed by atoms with Crippen molar-refractivity contribution < 1.29 is 4.79 Å². The third-order valence-corrected chi connectivity index (χ3v) is 4.10. The van der Waals surface area contributed by atoms with Gasteiger partial charge in [-0.25, -0.2) is 0 Å². The Hall–Kier alpha value is -1.63. The van der Waals surface area contributed by atoms with Crippen molar-refractivity contribution in [1.82, 2.24) is 4.90 Å². The maximum atomic E-state index is 12.0. The fourth-order valence-corrected chi connectivity index (χ4v) is 3.21. The molecule has 0 spiro atoms. The van der Waals surface area contributed by atoms with Crippen LogP contribution in [0.25, 0.3) is 0 Å². The Labute approximate surface area is 108 Å². The number of Topliss-reactive ketones (excluding diaryl/α,β-unsaturated/α-hetero) is 1. The van der Waals surface area contributed by atoms with Crippen molar-refractivity contribution in [2.75, 3.05) is 6.54 Å². The van der Waals surface area contributed by atoms with Crippen molar-refractivity contribution >= 4 is 5.78 Å². The lowest BCUT2D eigenvalue weighted by molar-refractivity contribution is -0.124. The predicted molar refractivity (Wildman–Crippen MR) is 71.2 cm³/mol. The molecule has 18 heavy (non-hydrogen) atoms. The first-order valence-electron chi connectivity index (χ1n) is 6.51. The van der Waals surface area contributed by atoms with E-state index in [1.807, 2.05) is 18.2 Å². The van der Waals surface area contributed by atoms with E-state index in [0.29, 0.717) is 18.6 Å². The van der Waals surface area contributed by atoms with Gasteiger partial charge in [-0.15, -0.1) is 5.73 Å². The quantitative estimate of drug-likeness (QED) is 0.702. The molecular formula is C16H17NO. The zero-order valence-corrected chi connectivity index (χ0v) is 10.4. The lowest BCUT2D eigenvalue weighted by atomic mass is 9.89. The average molecular weight is 239 g/mol. The van der Waals surface area contributed by atoms with Crippen LogP contribution >= 0.6 is 0 Å². The third kappa shape index (κ3) is 1.84. The van der Waals surface area contributed by atoms with Crippen LogP contribution in [0, 0.1) is 0 Å². The molecule has 0 amide bonds. The lowest BCUT2D eigenvalue weighted by Gasteiger charge is -2.37. The normalized spacial score (nSPS) is 28.0. The van der Waals surface area contributed by atoms with Gasteiger partial charge >= 0.3 is 0 Å². The maximum Gasteiger partial charge on any atom is 0.136 e. The highest BCUT2D eigenvalue weighted by molar-refractivity contribution is 5.81. The van der Waals surface area contributed by atoms with Crippen molar-refractivity contribution in [2.24, 2.45) is 0 Å². The molecule has 2 heteroatoms. The topological polar surface area (TPSA) is 20.3 Å². The third-order valence-electron chi connectivity index (χ3n) is 4.10. The summed E-state index contributed by atoms with van der Waals surface area (Å²) in [6.07, 6.45) is 2.29. The van der Waals surface area contributed by atoms with Crippen molar-refractivity contribution in [3.05, 3.63) is 53.8 Å². The molecular weight excluding hydrogens is 222 g/mol. The van der Waals surface area contributed by atoms with Crippen molar-refractivity contribution in [3.8, 4) is 0 Å². The SMILES string of the molecule is C=C=C1CCN2C1CC(=O)C[C@@H]2c1ccccc1. The fourth-order valence-electron chi connectivity index (χ4n) is 3.21. The molecule has 0 bridgehead atoms. The van der Waals surface area contributed by atoms with Crippen LogP contribution in [0.3, 0.4) is 0 Å². The molecule has 2 nitrogen and oxygen atoms in total. The van der Waals surface area contributed by atoms with Crippen molar-refractivity contribution in [1.29, 1.82) is 0 Å². The Kier molecular flexibility index (Phi) is 2.91. The molecule has 0 saturated carbocycles. The second-order valence-electron chi connectivity index (χ2n) is 5.08. The van der Waals surface area contributed by atoms with E-state index in [0.717, 1.165) is 13.0 Å². The van der Waals surface area contributed by atoms with Gasteiger partial charge in [-0.05, 0) is 17.6 Å². The summed E-state index contributed by atoms with van der Waals surface area (Å²) in [6.45, 7) is 4.78. The van der Waals surface area contributed by atoms with E-state index in [-0.39, 0.29) is 12.1 Å². The number of ketones is 1. The van der Waals surface area contributed by atoms with Gasteiger partial charge in [0.25, 0.3) is 0 Å². The van der Waals surface area contributed by atoms with E-state index in [9.17, 15) is 4.79 Å². The van der Waals surface area contributed by atoms with Gasteiger partial charge in [0, 0.05) is 31.5 Å². The first kappa shape index (κ1) is 11.5. The number of carbonyl (C=O) groups excluding carboxylic acids is 1. The minimum Gasteiger partial charge on any atom is -0.300 e. The number of nitrogens with zero attached hydrogens (tertiary/aromatic N) is 1. The summed E-state index contributed by atoms with van der Waals surface area (Å²) in [5.41, 5.74) is 5.49. The molecule has 0 radical (unpaired) electrons. The second kappa shape index (κ2) is 4.56. The van der Waals surface area contributed by atoms with Crippen LogP contribution < -0.4 is 0 Å². The Morgan fingerprint density at radius 1 is 1.17 bits per heavy atom. The summed E-state index contributed by atoms with van der Waals surface area (Å²) in [6, 6.07) is 10.8. The second-order valence-corrected chi connectivity index (χ2v) is 5.08. The molecule has 0 N–H and O–H groups in total. The molecule has 2 saturated heterocycles. The molecule has 1 aromatic carbocycles. The smallest absolute Gasteiger partial charge is 0.136 e. The molecule has 2 aliphatic heterocycles. The molecule has 2 fully saturated rings. The number of carbonyl (C=O) groups is 1. The van der Waals surface area contributed by atoms with Gasteiger partial charge in [0.15, 0.2) is 0 Å². The van der Waals surface area contributed by atoms with Crippen LogP contribution in [-0.4, -0.2) is 23.3 Å². The highest BCUT2D eigenvalue weighted by Crippen LogP contribution is 2.39. The molecule has 0 aromatic heterocycles. The van der Waals surface area contributed by atoms with Gasteiger partial charge in [-0.1, -0.05) is 36.9 Å². The summed E-state index contributed by atoms with van der Waals surface area (Å²) in [5, 5.41) is 0. The Morgan fingerprint density at radius 3 is 2.61 bits per heavy atom. The summed E-state index contributed by atoms with van der Waals surface area (Å²) >= 11 is 0. The van der Waals surface area contributed by atoms with E-state index in [1.165, 1.54) is 11.1 Å². The Morgan fingerprint density at radius 2 is 1.89 bits per heavy atom. The number of hydrogen-bond acceptors (Lipinski definition) is 2. The molecule has 2 aliphatic rings. The Bertz CT molecular complexity index is 513. The number of hydrogen-bond donors (Lipinski definition) is 0. The zero-order valence-electron chi connectivity index (χ0n) is 10.4. The summed E-state index contributed by atoms with van der Waals surface area (Å²) in [7, 11) is 0. The standard InChI is InChI=1S/C16H17NO/c1-2-12-8-9-17-15(12)10-14(18)11-16(17)13-6-4-3-5-7-13/h3-7,15-16H,1,8-11H2/t15?,16-/m1/s1. The highest BCUT2D eigenvalue weighted by Gasteiger charge is 2.40. The van der Waals surface area contributed by atoms with Crippen molar-refractivity contribution in [3.63, 3.8) is 0 Å². The molecule has 1 aromatic rings. The van der Waals surface area contributed by atoms with Gasteiger partial charge in [-0.3, -0.25) is 9.69 Å². The predicted octanol–water partition coefficient (Wildman–Crippen LogP) is 2.88. The summed E-state index contributed by atoms with van der Waals surface area (Å²) < 4.78 is 0. The molecule has 3 rings (SSSR count). The first-order chi connectivity index (χ1) is 8.79. The summed E-state index contributed by atoms with van der Waals surface area (Å²) in [5.74, 6) is 0.361. The first-order valence-corrected chi connectivity index (χ1v) is 6.51. The number of rotatable bonds is 1. The van der Waals surface area contributed by atoms with Crippen LogP contribution in [0.1, 0.15) is 30.9 Å². The van der Waals surface area contributed by atoms with Gasteiger partial charge in [0.1, 0.15) is 5.78 Å². The van der Waals surface area contributed by atoms with Crippen molar-refractivity contribution in [2.45, 2.75) is 31.3 Å². The van der Waals surface area contributed by atoms with Gasteiger partial charge in [0.05, 0.1) is 0 Å². The minimum absolute atomic E-state index is 0.239. The number of benzene rings is 1. The Balaban J connectivity index is 1.96. The minimum atomic E-state index is 0.239. The van der Waals surface area contributed by atoms with Crippen LogP contribution in [0.4, 0.5) is 0 Å². The molecule has 2 heterocycles. The number of piperidine rings is 1. The van der Waals surface area contributed by atoms with Gasteiger partial charge < -0.3 is 0 Å². The highest BCUT2D eigenvalue weighted by atomic mass is 16.1. The number of fused-ring (bicyclic) bond motifs is 1. The van der Waals surface area contributed by atoms with E-state index in [1.54, 1.807) is 0 Å². The maximum absolute atomic E-state index is 12.0. The van der Waals surface area contributed by atoms with Crippen LogP contribution in [0.2, 0.25) is 0 Å². The van der Waals surface area contributed by atoms with Crippen LogP contribution in [0.5, 0.6) is 0 Å². The van der Waals surface area contributed by atoms with E-state index < -0.39 is 0 Å². The van der Waals surface area contributed by atoms with E-state index in [2.05, 4.69) is 29.3 Å². The molecule has 92 valence electrons. The van der Waals surface area contributed by atoms with Gasteiger partial charge in [-0.2, -0.15) is 0 Å². The van der Waals surface area contributed by atoms with Gasteiger partial charge in [0.2, 0.25) is 0 Å².